The van der Waals surface area contributed by atoms with Gasteiger partial charge in [-0.2, -0.15) is 0 Å². The van der Waals surface area contributed by atoms with Crippen molar-refractivity contribution in [2.24, 2.45) is 0 Å². The Morgan fingerprint density at radius 2 is 1.87 bits per heavy atom. The second-order valence-electron chi connectivity index (χ2n) is 4.77. The maximum absolute atomic E-state index is 11.7. The van der Waals surface area contributed by atoms with Crippen LogP contribution in [0.2, 0.25) is 0 Å². The molecule has 5 heteroatoms. The van der Waals surface area contributed by atoms with Gasteiger partial charge in [0.1, 0.15) is 5.60 Å². The van der Waals surface area contributed by atoms with Crippen LogP contribution in [0.15, 0.2) is 0 Å². The van der Waals surface area contributed by atoms with Crippen LogP contribution < -0.4 is 0 Å². The first-order valence-electron chi connectivity index (χ1n) is 5.20. The molecule has 0 aromatic rings. The molecule has 0 unspecified atom stereocenters. The molecule has 0 spiro atoms. The number of carbonyl (C=O) groups excluding carboxylic acids is 1. The normalized spacial score (nSPS) is 19.1. The molecule has 0 aliphatic carbocycles. The van der Waals surface area contributed by atoms with Gasteiger partial charge in [0.2, 0.25) is 0 Å². The quantitative estimate of drug-likeness (QED) is 0.557. The van der Waals surface area contributed by atoms with E-state index in [1.807, 2.05) is 20.8 Å². The average Bonchev–Trinajstić information content (AvgIpc) is 2.15. The summed E-state index contributed by atoms with van der Waals surface area (Å²) in [5.74, 6) is 0. The number of thiol groups is 1. The molecule has 1 rings (SSSR count). The zero-order chi connectivity index (χ0) is 11.5. The van der Waals surface area contributed by atoms with E-state index >= 15 is 0 Å². The summed E-state index contributed by atoms with van der Waals surface area (Å²) in [4.78, 5) is 13.4. The molecule has 4 nitrogen and oxygen atoms in total. The Labute approximate surface area is 96.5 Å². The van der Waals surface area contributed by atoms with Crippen molar-refractivity contribution >= 4 is 19.0 Å². The van der Waals surface area contributed by atoms with Gasteiger partial charge in [0.15, 0.2) is 0 Å². The van der Waals surface area contributed by atoms with E-state index in [0.29, 0.717) is 13.1 Å². The Hall–Kier alpha value is -0.420. The van der Waals surface area contributed by atoms with Crippen molar-refractivity contribution in [3.05, 3.63) is 0 Å². The number of hydrogen-bond acceptors (Lipinski definition) is 4. The van der Waals surface area contributed by atoms with Gasteiger partial charge in [-0.25, -0.2) is 4.79 Å². The minimum absolute atomic E-state index is 0.159. The van der Waals surface area contributed by atoms with E-state index in [9.17, 15) is 4.79 Å². The topological polar surface area (TPSA) is 38.8 Å². The summed E-state index contributed by atoms with van der Waals surface area (Å²) < 4.78 is 10.2. The molecule has 0 bridgehead atoms. The molecule has 1 aliphatic rings. The molecule has 0 aromatic heterocycles. The van der Waals surface area contributed by atoms with E-state index in [0.717, 1.165) is 12.8 Å². The number of hydrogen-bond donors (Lipinski definition) is 1. The number of nitrogens with zero attached hydrogens (tertiary/aromatic N) is 1. The highest BCUT2D eigenvalue weighted by molar-refractivity contribution is 7.75. The van der Waals surface area contributed by atoms with E-state index in [2.05, 4.69) is 12.9 Å². The first-order chi connectivity index (χ1) is 6.92. The number of amides is 1. The molecular formula is C10H19NO3S. The first-order valence-corrected chi connectivity index (χ1v) is 5.57. The molecule has 88 valence electrons. The first kappa shape index (κ1) is 12.6. The predicted octanol–water partition coefficient (Wildman–Crippen LogP) is 2.25. The van der Waals surface area contributed by atoms with Gasteiger partial charge in [0.25, 0.3) is 0 Å². The van der Waals surface area contributed by atoms with E-state index in [-0.39, 0.29) is 12.2 Å². The fourth-order valence-corrected chi connectivity index (χ4v) is 1.68. The van der Waals surface area contributed by atoms with Crippen LogP contribution in [0.5, 0.6) is 0 Å². The second-order valence-corrected chi connectivity index (χ2v) is 4.98. The van der Waals surface area contributed by atoms with Crippen molar-refractivity contribution in [3.8, 4) is 0 Å². The number of likely N-dealkylation sites (tertiary alicyclic amines) is 1. The molecule has 0 saturated carbocycles. The van der Waals surface area contributed by atoms with Crippen LogP contribution in [0.3, 0.4) is 0 Å². The summed E-state index contributed by atoms with van der Waals surface area (Å²) in [5, 5.41) is 0. The summed E-state index contributed by atoms with van der Waals surface area (Å²) in [6.45, 7) is 6.97. The van der Waals surface area contributed by atoms with Gasteiger partial charge in [0, 0.05) is 13.1 Å². The van der Waals surface area contributed by atoms with E-state index in [1.54, 1.807) is 4.90 Å². The van der Waals surface area contributed by atoms with Gasteiger partial charge >= 0.3 is 6.09 Å². The van der Waals surface area contributed by atoms with Crippen molar-refractivity contribution in [2.45, 2.75) is 45.3 Å². The minimum Gasteiger partial charge on any atom is -0.444 e. The maximum atomic E-state index is 11.7. The Morgan fingerprint density at radius 3 is 2.27 bits per heavy atom. The molecule has 1 heterocycles. The van der Waals surface area contributed by atoms with Crippen LogP contribution in [-0.2, 0) is 8.92 Å². The average molecular weight is 233 g/mol. The van der Waals surface area contributed by atoms with Crippen LogP contribution >= 0.6 is 12.9 Å². The Balaban J connectivity index is 2.37. The lowest BCUT2D eigenvalue weighted by atomic mass is 10.1. The van der Waals surface area contributed by atoms with E-state index in [1.165, 1.54) is 0 Å². The highest BCUT2D eigenvalue weighted by Crippen LogP contribution is 2.17. The van der Waals surface area contributed by atoms with Crippen LogP contribution in [0, 0.1) is 0 Å². The van der Waals surface area contributed by atoms with Crippen molar-refractivity contribution in [2.75, 3.05) is 13.1 Å². The third kappa shape index (κ3) is 4.30. The minimum atomic E-state index is -0.423. The highest BCUT2D eigenvalue weighted by Gasteiger charge is 2.26. The lowest BCUT2D eigenvalue weighted by Crippen LogP contribution is -2.43. The molecule has 1 fully saturated rings. The Bertz CT molecular complexity index is 219. The monoisotopic (exact) mass is 233 g/mol. The van der Waals surface area contributed by atoms with Crippen LogP contribution in [0.1, 0.15) is 33.6 Å². The highest BCUT2D eigenvalue weighted by atomic mass is 32.1. The molecule has 0 N–H and O–H groups in total. The maximum Gasteiger partial charge on any atom is 0.410 e. The zero-order valence-corrected chi connectivity index (χ0v) is 10.4. The molecule has 1 amide bonds. The number of rotatable bonds is 1. The summed E-state index contributed by atoms with van der Waals surface area (Å²) in [6.07, 6.45) is 1.57. The molecule has 0 radical (unpaired) electrons. The predicted molar refractivity (Wildman–Crippen MR) is 60.9 cm³/mol. The number of piperidine rings is 1. The second kappa shape index (κ2) is 5.07. The fraction of sp³-hybridized carbons (Fsp3) is 0.900. The summed E-state index contributed by atoms with van der Waals surface area (Å²) in [7, 11) is 0. The zero-order valence-electron chi connectivity index (χ0n) is 9.52. The van der Waals surface area contributed by atoms with Crippen molar-refractivity contribution in [1.82, 2.24) is 4.90 Å². The number of ether oxygens (including phenoxy) is 1. The number of carbonyl (C=O) groups is 1. The van der Waals surface area contributed by atoms with Gasteiger partial charge in [-0.3, -0.25) is 0 Å². The molecule has 0 atom stereocenters. The van der Waals surface area contributed by atoms with Gasteiger partial charge in [-0.15, -0.1) is 0 Å². The van der Waals surface area contributed by atoms with Crippen LogP contribution in [0.25, 0.3) is 0 Å². The molecular weight excluding hydrogens is 214 g/mol. The third-order valence-corrected chi connectivity index (χ3v) is 2.54. The lowest BCUT2D eigenvalue weighted by Gasteiger charge is -2.32. The Morgan fingerprint density at radius 1 is 1.33 bits per heavy atom. The smallest absolute Gasteiger partial charge is 0.410 e. The molecule has 15 heavy (non-hydrogen) atoms. The van der Waals surface area contributed by atoms with Crippen molar-refractivity contribution in [3.63, 3.8) is 0 Å². The summed E-state index contributed by atoms with van der Waals surface area (Å²) in [6, 6.07) is 0. The summed E-state index contributed by atoms with van der Waals surface area (Å²) in [5.41, 5.74) is -0.423. The largest absolute Gasteiger partial charge is 0.444 e. The van der Waals surface area contributed by atoms with E-state index in [4.69, 9.17) is 8.92 Å². The van der Waals surface area contributed by atoms with Gasteiger partial charge in [-0.1, -0.05) is 0 Å². The van der Waals surface area contributed by atoms with Crippen molar-refractivity contribution in [1.29, 1.82) is 0 Å². The van der Waals surface area contributed by atoms with E-state index < -0.39 is 5.60 Å². The fourth-order valence-electron chi connectivity index (χ4n) is 1.47. The summed E-state index contributed by atoms with van der Waals surface area (Å²) >= 11 is 3.78. The molecule has 1 saturated heterocycles. The lowest BCUT2D eigenvalue weighted by molar-refractivity contribution is 0.0144. The standard InChI is InChI=1S/C10H19NO3S/c1-10(2,3)13-9(12)11-6-4-8(14-15)5-7-11/h8,15H,4-7H2,1-3H3. The molecule has 1 aliphatic heterocycles. The molecule has 0 aromatic carbocycles. The SMILES string of the molecule is CC(C)(C)OC(=O)N1CCC(OS)CC1. The van der Waals surface area contributed by atoms with Gasteiger partial charge in [-0.05, 0) is 46.5 Å². The van der Waals surface area contributed by atoms with Crippen LogP contribution in [-0.4, -0.2) is 35.8 Å². The third-order valence-electron chi connectivity index (χ3n) is 2.24. The van der Waals surface area contributed by atoms with Crippen LogP contribution in [0.4, 0.5) is 4.79 Å². The van der Waals surface area contributed by atoms with Gasteiger partial charge < -0.3 is 13.8 Å². The Kier molecular flexibility index (Phi) is 4.28. The van der Waals surface area contributed by atoms with Crippen molar-refractivity contribution < 1.29 is 13.7 Å². The van der Waals surface area contributed by atoms with Gasteiger partial charge in [0.05, 0.1) is 6.10 Å².